The maximum atomic E-state index is 12.7. The average molecular weight is 381 g/mol. The predicted molar refractivity (Wildman–Crippen MR) is 77.1 cm³/mol. The predicted octanol–water partition coefficient (Wildman–Crippen LogP) is 0.843. The lowest BCUT2D eigenvalue weighted by Gasteiger charge is -2.38. The van der Waals surface area contributed by atoms with Crippen LogP contribution in [-0.2, 0) is 21.9 Å². The zero-order valence-corrected chi connectivity index (χ0v) is 14.2. The van der Waals surface area contributed by atoms with E-state index in [4.69, 9.17) is 0 Å². The van der Waals surface area contributed by atoms with Crippen LogP contribution in [0.3, 0.4) is 0 Å². The van der Waals surface area contributed by atoms with Gasteiger partial charge < -0.3 is 5.11 Å². The summed E-state index contributed by atoms with van der Waals surface area (Å²) in [5.74, 6) is -0.952. The SMILES string of the molecule is CCC1(C(=O)O)CCCN(S(=O)(=O)c2c(Br)nnn2C)C1. The molecule has 1 unspecified atom stereocenters. The van der Waals surface area contributed by atoms with Crippen molar-refractivity contribution in [2.24, 2.45) is 12.5 Å². The molecule has 118 valence electrons. The Morgan fingerprint density at radius 2 is 2.19 bits per heavy atom. The van der Waals surface area contributed by atoms with Gasteiger partial charge in [0.15, 0.2) is 4.60 Å². The van der Waals surface area contributed by atoms with E-state index in [-0.39, 0.29) is 16.2 Å². The molecule has 0 aliphatic carbocycles. The van der Waals surface area contributed by atoms with Crippen LogP contribution in [0.4, 0.5) is 0 Å². The Kier molecular flexibility index (Phi) is 4.41. The number of hydrogen-bond acceptors (Lipinski definition) is 5. The maximum Gasteiger partial charge on any atom is 0.310 e. The molecule has 0 bridgehead atoms. The Balaban J connectivity index is 2.40. The van der Waals surface area contributed by atoms with Gasteiger partial charge in [-0.3, -0.25) is 4.79 Å². The lowest BCUT2D eigenvalue weighted by atomic mass is 9.78. The number of aromatic nitrogens is 3. The standard InChI is InChI=1S/C11H17BrN4O4S/c1-3-11(10(17)18)5-4-6-16(7-11)21(19,20)9-8(12)13-14-15(9)2/h3-7H2,1-2H3,(H,17,18). The first-order valence-electron chi connectivity index (χ1n) is 6.53. The number of carboxylic acid groups (broad SMARTS) is 1. The van der Waals surface area contributed by atoms with Crippen LogP contribution >= 0.6 is 15.9 Å². The first kappa shape index (κ1) is 16.4. The normalized spacial score (nSPS) is 24.1. The zero-order valence-electron chi connectivity index (χ0n) is 11.8. The summed E-state index contributed by atoms with van der Waals surface area (Å²) < 4.78 is 28.0. The van der Waals surface area contributed by atoms with Crippen LogP contribution in [0.1, 0.15) is 26.2 Å². The van der Waals surface area contributed by atoms with E-state index >= 15 is 0 Å². The van der Waals surface area contributed by atoms with Crippen LogP contribution in [0.5, 0.6) is 0 Å². The van der Waals surface area contributed by atoms with Crippen LogP contribution in [-0.4, -0.2) is 51.9 Å². The minimum Gasteiger partial charge on any atom is -0.481 e. The third kappa shape index (κ3) is 2.71. The largest absolute Gasteiger partial charge is 0.481 e. The minimum absolute atomic E-state index is 0.0290. The summed E-state index contributed by atoms with van der Waals surface area (Å²) in [6, 6.07) is 0. The highest BCUT2D eigenvalue weighted by Gasteiger charge is 2.45. The fourth-order valence-electron chi connectivity index (χ4n) is 2.63. The van der Waals surface area contributed by atoms with Crippen LogP contribution in [0.2, 0.25) is 0 Å². The molecule has 1 N–H and O–H groups in total. The monoisotopic (exact) mass is 380 g/mol. The Hall–Kier alpha value is -1.00. The molecule has 1 aromatic rings. The lowest BCUT2D eigenvalue weighted by Crippen LogP contribution is -2.49. The van der Waals surface area contributed by atoms with E-state index in [0.717, 1.165) is 0 Å². The van der Waals surface area contributed by atoms with Crippen molar-refractivity contribution < 1.29 is 18.3 Å². The number of aliphatic carboxylic acids is 1. The quantitative estimate of drug-likeness (QED) is 0.829. The van der Waals surface area contributed by atoms with Gasteiger partial charge in [-0.2, -0.15) is 4.31 Å². The van der Waals surface area contributed by atoms with Gasteiger partial charge in [-0.25, -0.2) is 13.1 Å². The van der Waals surface area contributed by atoms with Gasteiger partial charge in [0.25, 0.3) is 10.0 Å². The summed E-state index contributed by atoms with van der Waals surface area (Å²) in [5, 5.41) is 16.7. The topological polar surface area (TPSA) is 105 Å². The molecule has 21 heavy (non-hydrogen) atoms. The van der Waals surface area contributed by atoms with E-state index in [2.05, 4.69) is 26.2 Å². The smallest absolute Gasteiger partial charge is 0.310 e. The molecule has 0 aromatic carbocycles. The molecule has 0 spiro atoms. The summed E-state index contributed by atoms with van der Waals surface area (Å²) >= 11 is 3.08. The van der Waals surface area contributed by atoms with Gasteiger partial charge in [-0.05, 0) is 35.2 Å². The molecule has 8 nitrogen and oxygen atoms in total. The van der Waals surface area contributed by atoms with E-state index in [9.17, 15) is 18.3 Å². The first-order valence-corrected chi connectivity index (χ1v) is 8.76. The summed E-state index contributed by atoms with van der Waals surface area (Å²) in [6.45, 7) is 2.04. The highest BCUT2D eigenvalue weighted by atomic mass is 79.9. The highest BCUT2D eigenvalue weighted by molar-refractivity contribution is 9.10. The van der Waals surface area contributed by atoms with E-state index < -0.39 is 21.4 Å². The van der Waals surface area contributed by atoms with E-state index in [0.29, 0.717) is 25.8 Å². The van der Waals surface area contributed by atoms with E-state index in [1.807, 2.05) is 0 Å². The second-order valence-electron chi connectivity index (χ2n) is 5.19. The minimum atomic E-state index is -3.83. The van der Waals surface area contributed by atoms with Crippen LogP contribution in [0.15, 0.2) is 9.63 Å². The van der Waals surface area contributed by atoms with E-state index in [1.54, 1.807) is 6.92 Å². The number of sulfonamides is 1. The summed E-state index contributed by atoms with van der Waals surface area (Å²) in [6.07, 6.45) is 1.39. The van der Waals surface area contributed by atoms with Crippen molar-refractivity contribution in [3.63, 3.8) is 0 Å². The van der Waals surface area contributed by atoms with Crippen LogP contribution < -0.4 is 0 Å². The molecule has 1 aromatic heterocycles. The van der Waals surface area contributed by atoms with Gasteiger partial charge in [-0.15, -0.1) is 5.10 Å². The molecule has 0 amide bonds. The van der Waals surface area contributed by atoms with Crippen molar-refractivity contribution in [1.82, 2.24) is 19.3 Å². The number of piperidine rings is 1. The molecular weight excluding hydrogens is 364 g/mol. The highest BCUT2D eigenvalue weighted by Crippen LogP contribution is 2.36. The average Bonchev–Trinajstić information content (AvgIpc) is 2.78. The van der Waals surface area contributed by atoms with Crippen molar-refractivity contribution in [3.05, 3.63) is 4.60 Å². The number of rotatable bonds is 4. The molecular formula is C11H17BrN4O4S. The molecule has 1 aliphatic heterocycles. The van der Waals surface area contributed by atoms with E-state index in [1.165, 1.54) is 16.0 Å². The van der Waals surface area contributed by atoms with Crippen molar-refractivity contribution in [2.75, 3.05) is 13.1 Å². The summed E-state index contributed by atoms with van der Waals surface area (Å²) in [5.41, 5.74) is -1.02. The van der Waals surface area contributed by atoms with Crippen LogP contribution in [0.25, 0.3) is 0 Å². The van der Waals surface area contributed by atoms with Gasteiger partial charge in [0, 0.05) is 20.1 Å². The number of carbonyl (C=O) groups is 1. The Morgan fingerprint density at radius 1 is 1.52 bits per heavy atom. The van der Waals surface area contributed by atoms with Gasteiger partial charge >= 0.3 is 5.97 Å². The Morgan fingerprint density at radius 3 is 2.67 bits per heavy atom. The first-order chi connectivity index (χ1) is 9.74. The van der Waals surface area contributed by atoms with Gasteiger partial charge in [0.2, 0.25) is 5.03 Å². The maximum absolute atomic E-state index is 12.7. The fourth-order valence-corrected chi connectivity index (χ4v) is 5.22. The van der Waals surface area contributed by atoms with Crippen molar-refractivity contribution in [1.29, 1.82) is 0 Å². The lowest BCUT2D eigenvalue weighted by molar-refractivity contribution is -0.151. The molecule has 1 fully saturated rings. The zero-order chi connectivity index (χ0) is 15.8. The Labute approximate surface area is 131 Å². The van der Waals surface area contributed by atoms with Crippen molar-refractivity contribution in [3.8, 4) is 0 Å². The number of hydrogen-bond donors (Lipinski definition) is 1. The van der Waals surface area contributed by atoms with Gasteiger partial charge in [0.1, 0.15) is 0 Å². The molecule has 1 atom stereocenters. The molecule has 2 rings (SSSR count). The van der Waals surface area contributed by atoms with Crippen molar-refractivity contribution in [2.45, 2.75) is 31.2 Å². The number of carboxylic acids is 1. The molecule has 10 heteroatoms. The van der Waals surface area contributed by atoms with Crippen molar-refractivity contribution >= 4 is 31.9 Å². The second-order valence-corrected chi connectivity index (χ2v) is 7.79. The summed E-state index contributed by atoms with van der Waals surface area (Å²) in [7, 11) is -2.35. The van der Waals surface area contributed by atoms with Gasteiger partial charge in [0.05, 0.1) is 5.41 Å². The third-order valence-corrected chi connectivity index (χ3v) is 6.73. The summed E-state index contributed by atoms with van der Waals surface area (Å²) in [4.78, 5) is 11.5. The molecule has 1 saturated heterocycles. The number of aryl methyl sites for hydroxylation is 1. The van der Waals surface area contributed by atoms with Crippen LogP contribution in [0, 0.1) is 5.41 Å². The molecule has 2 heterocycles. The Bertz CT molecular complexity index is 640. The molecule has 1 aliphatic rings. The second kappa shape index (κ2) is 5.65. The fraction of sp³-hybridized carbons (Fsp3) is 0.727. The molecule has 0 radical (unpaired) electrons. The molecule has 0 saturated carbocycles. The van der Waals surface area contributed by atoms with Gasteiger partial charge in [-0.1, -0.05) is 12.1 Å². The number of nitrogens with zero attached hydrogens (tertiary/aromatic N) is 4. The third-order valence-electron chi connectivity index (χ3n) is 3.99. The number of halogens is 1.